The van der Waals surface area contributed by atoms with Gasteiger partial charge in [0.25, 0.3) is 0 Å². The van der Waals surface area contributed by atoms with Crippen LogP contribution >= 0.6 is 0 Å². The van der Waals surface area contributed by atoms with Crippen LogP contribution in [-0.2, 0) is 6.42 Å². The second-order valence-corrected chi connectivity index (χ2v) is 5.04. The van der Waals surface area contributed by atoms with Crippen molar-refractivity contribution in [3.63, 3.8) is 0 Å². The van der Waals surface area contributed by atoms with Crippen LogP contribution in [-0.4, -0.2) is 25.8 Å². The number of benzene rings is 1. The molecule has 0 atom stereocenters. The molecule has 0 unspecified atom stereocenters. The number of rotatable bonds is 5. The SMILES string of the molecule is CC(C)NCCCc1ccc2c(c1)OCCCO2. The van der Waals surface area contributed by atoms with E-state index in [-0.39, 0.29) is 0 Å². The van der Waals surface area contributed by atoms with Gasteiger partial charge in [-0.05, 0) is 37.1 Å². The van der Waals surface area contributed by atoms with Crippen molar-refractivity contribution in [3.05, 3.63) is 23.8 Å². The number of fused-ring (bicyclic) bond motifs is 1. The van der Waals surface area contributed by atoms with E-state index >= 15 is 0 Å². The summed E-state index contributed by atoms with van der Waals surface area (Å²) in [4.78, 5) is 0. The fourth-order valence-corrected chi connectivity index (χ4v) is 2.05. The molecule has 1 aliphatic heterocycles. The lowest BCUT2D eigenvalue weighted by atomic mass is 10.1. The van der Waals surface area contributed by atoms with E-state index < -0.39 is 0 Å². The molecule has 1 aromatic rings. The molecular formula is C15H23NO2. The van der Waals surface area contributed by atoms with Crippen molar-refractivity contribution in [1.29, 1.82) is 0 Å². The molecule has 0 amide bonds. The highest BCUT2D eigenvalue weighted by molar-refractivity contribution is 5.43. The van der Waals surface area contributed by atoms with Crippen molar-refractivity contribution in [2.75, 3.05) is 19.8 Å². The minimum Gasteiger partial charge on any atom is -0.490 e. The maximum atomic E-state index is 5.69. The summed E-state index contributed by atoms with van der Waals surface area (Å²) in [6.07, 6.45) is 3.19. The molecular weight excluding hydrogens is 226 g/mol. The molecule has 0 saturated heterocycles. The van der Waals surface area contributed by atoms with Crippen molar-refractivity contribution in [2.24, 2.45) is 0 Å². The Morgan fingerprint density at radius 2 is 1.94 bits per heavy atom. The Bertz CT molecular complexity index is 377. The van der Waals surface area contributed by atoms with Gasteiger partial charge in [0.2, 0.25) is 0 Å². The number of aryl methyl sites for hydroxylation is 1. The van der Waals surface area contributed by atoms with Crippen LogP contribution < -0.4 is 14.8 Å². The fraction of sp³-hybridized carbons (Fsp3) is 0.600. The van der Waals surface area contributed by atoms with Crippen LogP contribution in [0.1, 0.15) is 32.3 Å². The van der Waals surface area contributed by atoms with E-state index in [0.29, 0.717) is 6.04 Å². The smallest absolute Gasteiger partial charge is 0.161 e. The third kappa shape index (κ3) is 3.91. The first-order chi connectivity index (χ1) is 8.75. The van der Waals surface area contributed by atoms with Gasteiger partial charge in [-0.25, -0.2) is 0 Å². The van der Waals surface area contributed by atoms with Crippen LogP contribution in [0.3, 0.4) is 0 Å². The number of ether oxygens (including phenoxy) is 2. The van der Waals surface area contributed by atoms with Gasteiger partial charge in [0.1, 0.15) is 0 Å². The lowest BCUT2D eigenvalue weighted by Gasteiger charge is -2.10. The molecule has 1 aliphatic rings. The highest BCUT2D eigenvalue weighted by atomic mass is 16.5. The van der Waals surface area contributed by atoms with Gasteiger partial charge in [0.05, 0.1) is 13.2 Å². The van der Waals surface area contributed by atoms with Crippen LogP contribution in [0.25, 0.3) is 0 Å². The van der Waals surface area contributed by atoms with Gasteiger partial charge in [0.15, 0.2) is 11.5 Å². The first kappa shape index (κ1) is 13.2. The summed E-state index contributed by atoms with van der Waals surface area (Å²) in [6, 6.07) is 6.86. The molecule has 3 heteroatoms. The number of nitrogens with one attached hydrogen (secondary N) is 1. The molecule has 0 fully saturated rings. The molecule has 0 radical (unpaired) electrons. The summed E-state index contributed by atoms with van der Waals surface area (Å²) >= 11 is 0. The summed E-state index contributed by atoms with van der Waals surface area (Å²) in [5.41, 5.74) is 1.32. The summed E-state index contributed by atoms with van der Waals surface area (Å²) in [7, 11) is 0. The lowest BCUT2D eigenvalue weighted by molar-refractivity contribution is 0.297. The normalized spacial score (nSPS) is 14.6. The summed E-state index contributed by atoms with van der Waals surface area (Å²) < 4.78 is 11.3. The average molecular weight is 249 g/mol. The molecule has 2 rings (SSSR count). The molecule has 0 bridgehead atoms. The second-order valence-electron chi connectivity index (χ2n) is 5.04. The van der Waals surface area contributed by atoms with Gasteiger partial charge in [-0.1, -0.05) is 19.9 Å². The predicted octanol–water partition coefficient (Wildman–Crippen LogP) is 2.78. The Balaban J connectivity index is 1.88. The van der Waals surface area contributed by atoms with Crippen molar-refractivity contribution < 1.29 is 9.47 Å². The molecule has 0 saturated carbocycles. The quantitative estimate of drug-likeness (QED) is 0.814. The van der Waals surface area contributed by atoms with Gasteiger partial charge in [-0.2, -0.15) is 0 Å². The van der Waals surface area contributed by atoms with Gasteiger partial charge in [-0.15, -0.1) is 0 Å². The topological polar surface area (TPSA) is 30.5 Å². The van der Waals surface area contributed by atoms with Crippen LogP contribution in [0.5, 0.6) is 11.5 Å². The highest BCUT2D eigenvalue weighted by Crippen LogP contribution is 2.30. The summed E-state index contributed by atoms with van der Waals surface area (Å²) in [6.45, 7) is 6.92. The lowest BCUT2D eigenvalue weighted by Crippen LogP contribution is -2.23. The molecule has 1 heterocycles. The van der Waals surface area contributed by atoms with E-state index in [1.807, 2.05) is 6.07 Å². The third-order valence-corrected chi connectivity index (χ3v) is 3.01. The Labute approximate surface area is 109 Å². The van der Waals surface area contributed by atoms with Gasteiger partial charge in [-0.3, -0.25) is 0 Å². The molecule has 3 nitrogen and oxygen atoms in total. The zero-order valence-electron chi connectivity index (χ0n) is 11.4. The van der Waals surface area contributed by atoms with Crippen LogP contribution in [0.2, 0.25) is 0 Å². The molecule has 1 aromatic carbocycles. The first-order valence-corrected chi connectivity index (χ1v) is 6.87. The van der Waals surface area contributed by atoms with E-state index in [4.69, 9.17) is 9.47 Å². The summed E-state index contributed by atoms with van der Waals surface area (Å²) in [5, 5.41) is 3.43. The van der Waals surface area contributed by atoms with Gasteiger partial charge < -0.3 is 14.8 Å². The largest absolute Gasteiger partial charge is 0.490 e. The Hall–Kier alpha value is -1.22. The average Bonchev–Trinajstić information content (AvgIpc) is 2.59. The Kier molecular flexibility index (Phi) is 4.88. The fourth-order valence-electron chi connectivity index (χ4n) is 2.05. The highest BCUT2D eigenvalue weighted by Gasteiger charge is 2.10. The monoisotopic (exact) mass is 249 g/mol. The molecule has 18 heavy (non-hydrogen) atoms. The zero-order valence-corrected chi connectivity index (χ0v) is 11.4. The third-order valence-electron chi connectivity index (χ3n) is 3.01. The molecule has 0 aliphatic carbocycles. The van der Waals surface area contributed by atoms with Crippen molar-refractivity contribution in [2.45, 2.75) is 39.2 Å². The maximum absolute atomic E-state index is 5.69. The number of hydrogen-bond donors (Lipinski definition) is 1. The Morgan fingerprint density at radius 1 is 1.17 bits per heavy atom. The van der Waals surface area contributed by atoms with E-state index in [1.54, 1.807) is 0 Å². The van der Waals surface area contributed by atoms with E-state index in [9.17, 15) is 0 Å². The summed E-state index contributed by atoms with van der Waals surface area (Å²) in [5.74, 6) is 1.79. The minimum absolute atomic E-state index is 0.564. The standard InChI is InChI=1S/C15H23NO2/c1-12(2)16-8-3-5-13-6-7-14-15(11-13)18-10-4-9-17-14/h6-7,11-12,16H,3-5,8-10H2,1-2H3. The molecule has 0 spiro atoms. The molecule has 0 aromatic heterocycles. The first-order valence-electron chi connectivity index (χ1n) is 6.87. The van der Waals surface area contributed by atoms with E-state index in [2.05, 4.69) is 31.3 Å². The molecule has 1 N–H and O–H groups in total. The van der Waals surface area contributed by atoms with Gasteiger partial charge in [0, 0.05) is 12.5 Å². The van der Waals surface area contributed by atoms with Crippen molar-refractivity contribution in [1.82, 2.24) is 5.32 Å². The van der Waals surface area contributed by atoms with Crippen molar-refractivity contribution in [3.8, 4) is 11.5 Å². The minimum atomic E-state index is 0.564. The van der Waals surface area contributed by atoms with Gasteiger partial charge >= 0.3 is 0 Å². The van der Waals surface area contributed by atoms with E-state index in [1.165, 1.54) is 5.56 Å². The second kappa shape index (κ2) is 6.64. The molecule has 100 valence electrons. The van der Waals surface area contributed by atoms with Crippen LogP contribution in [0.15, 0.2) is 18.2 Å². The number of hydrogen-bond acceptors (Lipinski definition) is 3. The van der Waals surface area contributed by atoms with Crippen LogP contribution in [0.4, 0.5) is 0 Å². The van der Waals surface area contributed by atoms with Crippen molar-refractivity contribution >= 4 is 0 Å². The Morgan fingerprint density at radius 3 is 2.72 bits per heavy atom. The van der Waals surface area contributed by atoms with E-state index in [0.717, 1.165) is 50.5 Å². The predicted molar refractivity (Wildman–Crippen MR) is 73.5 cm³/mol. The maximum Gasteiger partial charge on any atom is 0.161 e. The zero-order chi connectivity index (χ0) is 12.8. The van der Waals surface area contributed by atoms with Crippen LogP contribution in [0, 0.1) is 0 Å².